The van der Waals surface area contributed by atoms with E-state index in [-0.39, 0.29) is 69.8 Å². The summed E-state index contributed by atoms with van der Waals surface area (Å²) >= 11 is 0. The monoisotopic (exact) mass is 772 g/mol. The van der Waals surface area contributed by atoms with E-state index in [4.69, 9.17) is 19.9 Å². The highest BCUT2D eigenvalue weighted by Gasteiger charge is 2.22. The highest BCUT2D eigenvalue weighted by atomic mass is 16.5. The molecule has 0 bridgehead atoms. The molecule has 13 heteroatoms. The van der Waals surface area contributed by atoms with Gasteiger partial charge in [0.2, 0.25) is 5.91 Å². The van der Waals surface area contributed by atoms with Crippen LogP contribution in [0.3, 0.4) is 0 Å². The number of carbonyl (C=O) groups excluding carboxylic acids is 4. The highest BCUT2D eigenvalue weighted by molar-refractivity contribution is 5.78. The van der Waals surface area contributed by atoms with Gasteiger partial charge in [0.1, 0.15) is 19.8 Å². The first-order chi connectivity index (χ1) is 27.4. The van der Waals surface area contributed by atoms with Crippen molar-refractivity contribution in [3.05, 3.63) is 108 Å². The van der Waals surface area contributed by atoms with Crippen LogP contribution in [0.2, 0.25) is 0 Å². The predicted octanol–water partition coefficient (Wildman–Crippen LogP) is 3.07. The molecule has 3 aromatic carbocycles. The molecule has 0 radical (unpaired) electrons. The molecule has 1 fully saturated rings. The molecule has 1 aliphatic rings. The van der Waals surface area contributed by atoms with Crippen LogP contribution < -0.4 is 11.1 Å². The standard InChI is InChI=1S/C43H60N6O7/c44-20-12-1-2-13-21-45-40(50)30-46-22-24-47(31-41(51)54-34-37-14-6-3-7-15-37)26-28-49(33-43(53)56-36-39-18-10-5-11-19-39)29-27-48(25-23-46)32-42(52)55-35-38-16-8-4-9-17-38/h3-11,14-19H,1-2,12-13,20-36,44H2,(H,45,50). The Morgan fingerprint density at radius 2 is 0.786 bits per heavy atom. The van der Waals surface area contributed by atoms with Crippen molar-refractivity contribution in [2.45, 2.75) is 45.5 Å². The molecule has 56 heavy (non-hydrogen) atoms. The topological polar surface area (TPSA) is 147 Å². The zero-order valence-corrected chi connectivity index (χ0v) is 32.7. The third kappa shape index (κ3) is 18.8. The average Bonchev–Trinajstić information content (AvgIpc) is 3.21. The lowest BCUT2D eigenvalue weighted by molar-refractivity contribution is -0.148. The molecular formula is C43H60N6O7. The number of nitrogens with one attached hydrogen (secondary N) is 1. The fourth-order valence-corrected chi connectivity index (χ4v) is 6.22. The van der Waals surface area contributed by atoms with Crippen LogP contribution in [0.15, 0.2) is 91.0 Å². The van der Waals surface area contributed by atoms with Crippen LogP contribution in [-0.4, -0.2) is 135 Å². The van der Waals surface area contributed by atoms with E-state index in [2.05, 4.69) is 10.2 Å². The first-order valence-electron chi connectivity index (χ1n) is 19.8. The molecule has 1 aliphatic heterocycles. The summed E-state index contributed by atoms with van der Waals surface area (Å²) in [7, 11) is 0. The Labute approximate surface area is 332 Å². The van der Waals surface area contributed by atoms with Crippen molar-refractivity contribution in [2.75, 3.05) is 91.6 Å². The minimum atomic E-state index is -0.361. The zero-order valence-electron chi connectivity index (χ0n) is 32.7. The van der Waals surface area contributed by atoms with Gasteiger partial charge in [0.15, 0.2) is 0 Å². The van der Waals surface area contributed by atoms with Crippen molar-refractivity contribution in [1.82, 2.24) is 24.9 Å². The molecule has 3 aromatic rings. The summed E-state index contributed by atoms with van der Waals surface area (Å²) in [5.74, 6) is -1.14. The van der Waals surface area contributed by atoms with E-state index in [0.29, 0.717) is 65.4 Å². The summed E-state index contributed by atoms with van der Waals surface area (Å²) in [6, 6.07) is 28.6. The van der Waals surface area contributed by atoms with Crippen LogP contribution in [-0.2, 0) is 53.2 Å². The Bertz CT molecular complexity index is 1490. The molecule has 0 saturated carbocycles. The summed E-state index contributed by atoms with van der Waals surface area (Å²) in [5.41, 5.74) is 8.31. The molecule has 0 unspecified atom stereocenters. The average molecular weight is 773 g/mol. The molecule has 4 rings (SSSR count). The highest BCUT2D eigenvalue weighted by Crippen LogP contribution is 2.07. The van der Waals surface area contributed by atoms with Crippen LogP contribution in [0.25, 0.3) is 0 Å². The van der Waals surface area contributed by atoms with Crippen LogP contribution in [0.5, 0.6) is 0 Å². The zero-order chi connectivity index (χ0) is 39.6. The molecular weight excluding hydrogens is 713 g/mol. The second-order valence-corrected chi connectivity index (χ2v) is 14.1. The summed E-state index contributed by atoms with van der Waals surface area (Å²) in [6.45, 7) is 5.96. The molecule has 13 nitrogen and oxygen atoms in total. The summed E-state index contributed by atoms with van der Waals surface area (Å²) < 4.78 is 16.9. The Morgan fingerprint density at radius 3 is 1.12 bits per heavy atom. The Balaban J connectivity index is 1.43. The number of ether oxygens (including phenoxy) is 3. The first-order valence-corrected chi connectivity index (χ1v) is 19.8. The maximum absolute atomic E-state index is 13.1. The molecule has 0 spiro atoms. The maximum atomic E-state index is 13.1. The third-order valence-corrected chi connectivity index (χ3v) is 9.54. The SMILES string of the molecule is NCCCCCCNC(=O)CN1CCN(CC(=O)OCc2ccccc2)CCN(CC(=O)OCc2ccccc2)CCN(CC(=O)OCc2ccccc2)CC1. The molecule has 0 atom stereocenters. The first kappa shape index (κ1) is 44.1. The van der Waals surface area contributed by atoms with Crippen molar-refractivity contribution in [1.29, 1.82) is 0 Å². The Kier molecular flexibility index (Phi) is 20.6. The summed E-state index contributed by atoms with van der Waals surface area (Å²) in [6.07, 6.45) is 3.91. The van der Waals surface area contributed by atoms with Gasteiger partial charge in [0.05, 0.1) is 26.2 Å². The maximum Gasteiger partial charge on any atom is 0.320 e. The number of hydrogen-bond donors (Lipinski definition) is 2. The molecule has 0 aliphatic carbocycles. The van der Waals surface area contributed by atoms with Crippen LogP contribution in [0.4, 0.5) is 0 Å². The fourth-order valence-electron chi connectivity index (χ4n) is 6.22. The molecule has 1 heterocycles. The lowest BCUT2D eigenvalue weighted by atomic mass is 10.2. The third-order valence-electron chi connectivity index (χ3n) is 9.54. The van der Waals surface area contributed by atoms with Crippen LogP contribution in [0, 0.1) is 0 Å². The summed E-state index contributed by atoms with van der Waals surface area (Å²) in [5, 5.41) is 3.05. The predicted molar refractivity (Wildman–Crippen MR) is 215 cm³/mol. The normalized spacial score (nSPS) is 15.2. The van der Waals surface area contributed by atoms with E-state index in [1.54, 1.807) is 0 Å². The van der Waals surface area contributed by atoms with E-state index in [1.165, 1.54) is 0 Å². The van der Waals surface area contributed by atoms with Gasteiger partial charge in [0.25, 0.3) is 0 Å². The largest absolute Gasteiger partial charge is 0.460 e. The molecule has 0 aromatic heterocycles. The molecule has 1 amide bonds. The fraction of sp³-hybridized carbons (Fsp3) is 0.488. The van der Waals surface area contributed by atoms with Gasteiger partial charge >= 0.3 is 17.9 Å². The van der Waals surface area contributed by atoms with E-state index < -0.39 is 0 Å². The van der Waals surface area contributed by atoms with E-state index in [0.717, 1.165) is 42.4 Å². The molecule has 3 N–H and O–H groups in total. The quantitative estimate of drug-likeness (QED) is 0.0989. The smallest absolute Gasteiger partial charge is 0.320 e. The second kappa shape index (κ2) is 26.2. The van der Waals surface area contributed by atoms with Gasteiger partial charge in [-0.1, -0.05) is 104 Å². The van der Waals surface area contributed by atoms with Crippen molar-refractivity contribution >= 4 is 23.8 Å². The van der Waals surface area contributed by atoms with E-state index in [9.17, 15) is 19.2 Å². The minimum absolute atomic E-state index is 0.0456. The Hall–Kier alpha value is -4.66. The number of nitrogens with zero attached hydrogens (tertiary/aromatic N) is 4. The van der Waals surface area contributed by atoms with Crippen LogP contribution in [0.1, 0.15) is 42.4 Å². The number of benzene rings is 3. The van der Waals surface area contributed by atoms with Gasteiger partial charge < -0.3 is 25.3 Å². The Morgan fingerprint density at radius 1 is 0.464 bits per heavy atom. The minimum Gasteiger partial charge on any atom is -0.460 e. The van der Waals surface area contributed by atoms with E-state index in [1.807, 2.05) is 106 Å². The second-order valence-electron chi connectivity index (χ2n) is 14.1. The van der Waals surface area contributed by atoms with Gasteiger partial charge in [-0.15, -0.1) is 0 Å². The lowest BCUT2D eigenvalue weighted by Gasteiger charge is -2.33. The lowest BCUT2D eigenvalue weighted by Crippen LogP contribution is -2.50. The summed E-state index contributed by atoms with van der Waals surface area (Å²) in [4.78, 5) is 60.6. The van der Waals surface area contributed by atoms with Crippen molar-refractivity contribution in [3.8, 4) is 0 Å². The number of nitrogens with two attached hydrogens (primary N) is 1. The van der Waals surface area contributed by atoms with Crippen molar-refractivity contribution < 1.29 is 33.4 Å². The van der Waals surface area contributed by atoms with Gasteiger partial charge in [-0.2, -0.15) is 0 Å². The van der Waals surface area contributed by atoms with Gasteiger partial charge in [0, 0.05) is 58.9 Å². The number of esters is 3. The van der Waals surface area contributed by atoms with E-state index >= 15 is 0 Å². The van der Waals surface area contributed by atoms with Gasteiger partial charge in [-0.05, 0) is 36.1 Å². The van der Waals surface area contributed by atoms with Gasteiger partial charge in [-0.3, -0.25) is 38.8 Å². The number of carbonyl (C=O) groups is 4. The molecule has 304 valence electrons. The van der Waals surface area contributed by atoms with Crippen molar-refractivity contribution in [2.24, 2.45) is 5.73 Å². The molecule has 1 saturated heterocycles. The van der Waals surface area contributed by atoms with Crippen LogP contribution >= 0.6 is 0 Å². The number of unbranched alkanes of at least 4 members (excludes halogenated alkanes) is 3. The number of amides is 1. The number of rotatable bonds is 20. The van der Waals surface area contributed by atoms with Gasteiger partial charge in [-0.25, -0.2) is 0 Å². The number of hydrogen-bond acceptors (Lipinski definition) is 12. The van der Waals surface area contributed by atoms with Crippen molar-refractivity contribution in [3.63, 3.8) is 0 Å².